The number of aromatic nitrogens is 2. The van der Waals surface area contributed by atoms with Crippen molar-refractivity contribution in [2.45, 2.75) is 6.42 Å². The first-order valence-electron chi connectivity index (χ1n) is 5.39. The lowest BCUT2D eigenvalue weighted by atomic mass is 10.1. The Bertz CT molecular complexity index is 604. The number of carbonyl (C=O) groups excluding carboxylic acids is 1. The van der Waals surface area contributed by atoms with Crippen molar-refractivity contribution < 1.29 is 4.79 Å². The molecule has 2 heterocycles. The zero-order valence-electron chi connectivity index (χ0n) is 9.69. The Labute approximate surface area is 113 Å². The van der Waals surface area contributed by atoms with Crippen LogP contribution in [0, 0.1) is 17.2 Å². The predicted molar refractivity (Wildman–Crippen MR) is 66.2 cm³/mol. The van der Waals surface area contributed by atoms with Crippen molar-refractivity contribution in [2.24, 2.45) is 11.0 Å². The number of halogens is 1. The number of nitriles is 1. The van der Waals surface area contributed by atoms with Crippen molar-refractivity contribution in [3.05, 3.63) is 27.5 Å². The summed E-state index contributed by atoms with van der Waals surface area (Å²) < 4.78 is 0. The Morgan fingerprint density at radius 3 is 3.21 bits per heavy atom. The van der Waals surface area contributed by atoms with E-state index < -0.39 is 0 Å². The Morgan fingerprint density at radius 2 is 2.53 bits per heavy atom. The van der Waals surface area contributed by atoms with Gasteiger partial charge in [0, 0.05) is 24.4 Å². The third-order valence-electron chi connectivity index (χ3n) is 2.72. The fraction of sp³-hybridized carbons (Fsp3) is 0.400. The number of azide groups is 1. The summed E-state index contributed by atoms with van der Waals surface area (Å²) in [5, 5.41) is 12.4. The van der Waals surface area contributed by atoms with Crippen LogP contribution < -0.4 is 4.90 Å². The molecule has 0 radical (unpaired) electrons. The number of amides is 1. The highest BCUT2D eigenvalue weighted by Gasteiger charge is 2.32. The van der Waals surface area contributed by atoms with Gasteiger partial charge in [-0.2, -0.15) is 10.2 Å². The Balaban J connectivity index is 2.28. The van der Waals surface area contributed by atoms with Gasteiger partial charge >= 0.3 is 0 Å². The van der Waals surface area contributed by atoms with Crippen molar-refractivity contribution in [3.8, 4) is 6.07 Å². The second-order valence-electron chi connectivity index (χ2n) is 3.98. The molecule has 1 amide bonds. The van der Waals surface area contributed by atoms with Crippen molar-refractivity contribution in [1.29, 1.82) is 5.26 Å². The van der Waals surface area contributed by atoms with E-state index in [1.807, 2.05) is 6.07 Å². The van der Waals surface area contributed by atoms with E-state index in [9.17, 15) is 4.79 Å². The zero-order valence-corrected chi connectivity index (χ0v) is 10.4. The van der Waals surface area contributed by atoms with Gasteiger partial charge < -0.3 is 0 Å². The summed E-state index contributed by atoms with van der Waals surface area (Å²) in [5.41, 5.74) is 8.46. The van der Waals surface area contributed by atoms with Gasteiger partial charge in [0.25, 0.3) is 0 Å². The van der Waals surface area contributed by atoms with E-state index in [1.165, 1.54) is 11.1 Å². The Kier molecular flexibility index (Phi) is 3.80. The minimum absolute atomic E-state index is 0.0275. The summed E-state index contributed by atoms with van der Waals surface area (Å²) >= 11 is 5.68. The first-order valence-corrected chi connectivity index (χ1v) is 5.77. The van der Waals surface area contributed by atoms with Crippen molar-refractivity contribution in [1.82, 2.24) is 9.97 Å². The molecule has 0 N–H and O–H groups in total. The lowest BCUT2D eigenvalue weighted by Crippen LogP contribution is -2.27. The van der Waals surface area contributed by atoms with Crippen molar-refractivity contribution in [2.75, 3.05) is 18.0 Å². The molecule has 0 bridgehead atoms. The van der Waals surface area contributed by atoms with Crippen LogP contribution in [0.5, 0.6) is 0 Å². The molecule has 1 atom stereocenters. The van der Waals surface area contributed by atoms with Gasteiger partial charge in [-0.25, -0.2) is 4.98 Å². The molecule has 1 aromatic heterocycles. The fourth-order valence-corrected chi connectivity index (χ4v) is 2.03. The minimum atomic E-state index is -0.176. The van der Waals surface area contributed by atoms with Crippen LogP contribution in [0.4, 0.5) is 5.82 Å². The number of nitrogens with zero attached hydrogens (tertiary/aromatic N) is 7. The smallest absolute Gasteiger partial charge is 0.228 e. The van der Waals surface area contributed by atoms with E-state index >= 15 is 0 Å². The Hall–Kier alpha value is -2.36. The third kappa shape index (κ3) is 2.73. The molecule has 1 aliphatic heterocycles. The molecule has 0 saturated carbocycles. The average molecular weight is 278 g/mol. The van der Waals surface area contributed by atoms with E-state index in [0.29, 0.717) is 6.54 Å². The predicted octanol–water partition coefficient (Wildman–Crippen LogP) is 1.66. The molecule has 19 heavy (non-hydrogen) atoms. The number of carbonyl (C=O) groups is 1. The molecule has 0 aromatic carbocycles. The normalized spacial score (nSPS) is 18.0. The number of rotatable bonds is 3. The van der Waals surface area contributed by atoms with E-state index in [4.69, 9.17) is 22.4 Å². The van der Waals surface area contributed by atoms with E-state index in [1.54, 1.807) is 0 Å². The molecule has 96 valence electrons. The van der Waals surface area contributed by atoms with Gasteiger partial charge in [-0.15, -0.1) is 0 Å². The van der Waals surface area contributed by atoms with Gasteiger partial charge in [0.05, 0.1) is 6.20 Å². The first-order chi connectivity index (χ1) is 9.15. The SMILES string of the molecule is N#Cc1cnc(Cl)nc1N1CC(CN=[N+]=[N-])CC1=O. The van der Waals surface area contributed by atoms with Crippen molar-refractivity contribution >= 4 is 23.3 Å². The van der Waals surface area contributed by atoms with E-state index in [-0.39, 0.29) is 41.5 Å². The lowest BCUT2D eigenvalue weighted by Gasteiger charge is -2.16. The van der Waals surface area contributed by atoms with Gasteiger partial charge in [-0.3, -0.25) is 9.69 Å². The third-order valence-corrected chi connectivity index (χ3v) is 2.91. The quantitative estimate of drug-likeness (QED) is 0.361. The molecular formula is C10H8ClN7O. The number of hydrogen-bond acceptors (Lipinski definition) is 5. The molecule has 8 nitrogen and oxygen atoms in total. The topological polar surface area (TPSA) is 119 Å². The zero-order chi connectivity index (χ0) is 13.8. The summed E-state index contributed by atoms with van der Waals surface area (Å²) in [6.07, 6.45) is 1.53. The van der Waals surface area contributed by atoms with Gasteiger partial charge in [-0.05, 0) is 23.0 Å². The number of anilines is 1. The molecule has 1 aromatic rings. The fourth-order valence-electron chi connectivity index (χ4n) is 1.90. The maximum atomic E-state index is 11.9. The molecule has 0 aliphatic carbocycles. The first kappa shape index (κ1) is 13.1. The molecular weight excluding hydrogens is 270 g/mol. The van der Waals surface area contributed by atoms with Crippen LogP contribution in [0.25, 0.3) is 10.4 Å². The van der Waals surface area contributed by atoms with Gasteiger partial charge in [0.15, 0.2) is 5.82 Å². The van der Waals surface area contributed by atoms with Gasteiger partial charge in [-0.1, -0.05) is 5.11 Å². The molecule has 1 fully saturated rings. The molecule has 0 spiro atoms. The second kappa shape index (κ2) is 5.52. The van der Waals surface area contributed by atoms with Crippen LogP contribution in [0.2, 0.25) is 5.28 Å². The summed E-state index contributed by atoms with van der Waals surface area (Å²) in [6.45, 7) is 0.583. The van der Waals surface area contributed by atoms with Crippen LogP contribution in [-0.4, -0.2) is 29.0 Å². The average Bonchev–Trinajstić information content (AvgIpc) is 2.77. The van der Waals surface area contributed by atoms with E-state index in [0.717, 1.165) is 0 Å². The number of hydrogen-bond donors (Lipinski definition) is 0. The highest BCUT2D eigenvalue weighted by atomic mass is 35.5. The van der Waals surface area contributed by atoms with Crippen LogP contribution in [0.1, 0.15) is 12.0 Å². The summed E-state index contributed by atoms with van der Waals surface area (Å²) in [6, 6.07) is 1.92. The summed E-state index contributed by atoms with van der Waals surface area (Å²) in [7, 11) is 0. The molecule has 1 unspecified atom stereocenters. The van der Waals surface area contributed by atoms with Gasteiger partial charge in [0.2, 0.25) is 11.2 Å². The highest BCUT2D eigenvalue weighted by molar-refractivity contribution is 6.28. The molecule has 1 aliphatic rings. The van der Waals surface area contributed by atoms with Gasteiger partial charge in [0.1, 0.15) is 11.6 Å². The molecule has 1 saturated heterocycles. The van der Waals surface area contributed by atoms with E-state index in [2.05, 4.69) is 20.0 Å². The second-order valence-corrected chi connectivity index (χ2v) is 4.31. The molecule has 9 heteroatoms. The van der Waals surface area contributed by atoms with Crippen LogP contribution in [0.15, 0.2) is 11.3 Å². The van der Waals surface area contributed by atoms with Crippen LogP contribution in [-0.2, 0) is 4.79 Å². The summed E-state index contributed by atoms with van der Waals surface area (Å²) in [5.74, 6) is -0.0518. The lowest BCUT2D eigenvalue weighted by molar-refractivity contribution is -0.117. The highest BCUT2D eigenvalue weighted by Crippen LogP contribution is 2.26. The summed E-state index contributed by atoms with van der Waals surface area (Å²) in [4.78, 5) is 23.6. The monoisotopic (exact) mass is 277 g/mol. The van der Waals surface area contributed by atoms with Crippen molar-refractivity contribution in [3.63, 3.8) is 0 Å². The maximum Gasteiger partial charge on any atom is 0.228 e. The largest absolute Gasteiger partial charge is 0.295 e. The molecule has 2 rings (SSSR count). The standard InChI is InChI=1S/C10H8ClN7O/c11-10-14-4-7(2-12)9(16-10)18-5-6(1-8(18)19)3-15-17-13/h4,6H,1,3,5H2. The van der Waals surface area contributed by atoms with Crippen LogP contribution in [0.3, 0.4) is 0 Å². The maximum absolute atomic E-state index is 11.9. The Morgan fingerprint density at radius 1 is 1.74 bits per heavy atom. The minimum Gasteiger partial charge on any atom is -0.295 e. The van der Waals surface area contributed by atoms with Crippen LogP contribution >= 0.6 is 11.6 Å².